The molecule has 0 aliphatic carbocycles. The Balaban J connectivity index is 1.68. The quantitative estimate of drug-likeness (QED) is 0.529. The molecule has 2 aromatic rings. The van der Waals surface area contributed by atoms with Gasteiger partial charge in [0.1, 0.15) is 6.54 Å². The second kappa shape index (κ2) is 8.75. The van der Waals surface area contributed by atoms with Crippen LogP contribution in [0.3, 0.4) is 0 Å². The van der Waals surface area contributed by atoms with Crippen molar-refractivity contribution in [3.8, 4) is 6.07 Å². The summed E-state index contributed by atoms with van der Waals surface area (Å²) in [6.45, 7) is -0.357. The molecule has 1 amide bonds. The van der Waals surface area contributed by atoms with E-state index in [0.717, 1.165) is 0 Å². The van der Waals surface area contributed by atoms with Crippen LogP contribution >= 0.6 is 0 Å². The van der Waals surface area contributed by atoms with Gasteiger partial charge in [0.15, 0.2) is 6.61 Å². The fraction of sp³-hybridized carbons (Fsp3) is 0.250. The maximum Gasteiger partial charge on any atom is 0.338 e. The number of nitrogens with zero attached hydrogens (tertiary/aromatic N) is 3. The number of sulfonamides is 1. The molecule has 150 valence electrons. The molecule has 9 heteroatoms. The fourth-order valence-corrected chi connectivity index (χ4v) is 4.56. The minimum atomic E-state index is -3.37. The van der Waals surface area contributed by atoms with Crippen molar-refractivity contribution in [2.75, 3.05) is 34.7 Å². The lowest BCUT2D eigenvalue weighted by Crippen LogP contribution is -2.35. The number of ether oxygens (including phenoxy) is 1. The van der Waals surface area contributed by atoms with E-state index in [9.17, 15) is 18.0 Å². The molecule has 2 aromatic carbocycles. The van der Waals surface area contributed by atoms with Gasteiger partial charge in [0.25, 0.3) is 5.91 Å². The SMILES string of the molecule is N#CCN(C(=O)COC(=O)c1cccc(N2CCCS2(=O)=O)c1)c1ccccc1. The first-order chi connectivity index (χ1) is 13.9. The van der Waals surface area contributed by atoms with Crippen LogP contribution in [0.1, 0.15) is 16.8 Å². The van der Waals surface area contributed by atoms with Crippen LogP contribution in [0.5, 0.6) is 0 Å². The monoisotopic (exact) mass is 413 g/mol. The maximum absolute atomic E-state index is 12.4. The summed E-state index contributed by atoms with van der Waals surface area (Å²) < 4.78 is 30.5. The number of carbonyl (C=O) groups excluding carboxylic acids is 2. The normalized spacial score (nSPS) is 14.8. The molecule has 29 heavy (non-hydrogen) atoms. The van der Waals surface area contributed by atoms with Gasteiger partial charge in [-0.15, -0.1) is 0 Å². The van der Waals surface area contributed by atoms with Crippen molar-refractivity contribution in [1.82, 2.24) is 0 Å². The van der Waals surface area contributed by atoms with E-state index < -0.39 is 28.5 Å². The largest absolute Gasteiger partial charge is 0.452 e. The molecule has 3 rings (SSSR count). The van der Waals surface area contributed by atoms with Gasteiger partial charge in [0, 0.05) is 12.2 Å². The number of rotatable bonds is 6. The molecule has 0 unspecified atom stereocenters. The molecule has 1 aliphatic rings. The van der Waals surface area contributed by atoms with Crippen LogP contribution in [0.4, 0.5) is 11.4 Å². The predicted molar refractivity (Wildman–Crippen MR) is 107 cm³/mol. The second-order valence-electron chi connectivity index (χ2n) is 6.34. The standard InChI is InChI=1S/C20H19N3O5S/c21-10-12-22(17-7-2-1-3-8-17)19(24)15-28-20(25)16-6-4-9-18(14-16)23-11-5-13-29(23,26)27/h1-4,6-9,14H,5,11-13,15H2. The minimum absolute atomic E-state index is 0.0738. The molecule has 0 spiro atoms. The number of esters is 1. The van der Waals surface area contributed by atoms with Crippen LogP contribution < -0.4 is 9.21 Å². The van der Waals surface area contributed by atoms with Crippen LogP contribution in [0.25, 0.3) is 0 Å². The third-order valence-corrected chi connectivity index (χ3v) is 6.26. The summed E-state index contributed by atoms with van der Waals surface area (Å²) in [7, 11) is -3.37. The highest BCUT2D eigenvalue weighted by molar-refractivity contribution is 7.93. The molecular weight excluding hydrogens is 394 g/mol. The van der Waals surface area contributed by atoms with E-state index in [4.69, 9.17) is 10.00 Å². The molecule has 1 fully saturated rings. The van der Waals surface area contributed by atoms with Crippen LogP contribution in [-0.4, -0.2) is 45.7 Å². The first-order valence-electron chi connectivity index (χ1n) is 8.92. The van der Waals surface area contributed by atoms with E-state index in [1.54, 1.807) is 42.5 Å². The number of hydrogen-bond donors (Lipinski definition) is 0. The van der Waals surface area contributed by atoms with Crippen molar-refractivity contribution in [3.63, 3.8) is 0 Å². The fourth-order valence-electron chi connectivity index (χ4n) is 3.01. The van der Waals surface area contributed by atoms with Crippen molar-refractivity contribution in [1.29, 1.82) is 5.26 Å². The number of carbonyl (C=O) groups is 2. The molecule has 1 saturated heterocycles. The first kappa shape index (κ1) is 20.4. The summed E-state index contributed by atoms with van der Waals surface area (Å²) in [5.74, 6) is -1.21. The topological polar surface area (TPSA) is 108 Å². The zero-order valence-corrected chi connectivity index (χ0v) is 16.3. The van der Waals surface area contributed by atoms with E-state index in [1.807, 2.05) is 6.07 Å². The lowest BCUT2D eigenvalue weighted by molar-refractivity contribution is -0.121. The summed E-state index contributed by atoms with van der Waals surface area (Å²) in [5.41, 5.74) is 1.05. The summed E-state index contributed by atoms with van der Waals surface area (Å²) in [5, 5.41) is 8.97. The Kier molecular flexibility index (Phi) is 6.14. The van der Waals surface area contributed by atoms with E-state index in [0.29, 0.717) is 24.3 Å². The third kappa shape index (κ3) is 4.73. The Bertz CT molecular complexity index is 1050. The van der Waals surface area contributed by atoms with Gasteiger partial charge < -0.3 is 4.74 Å². The highest BCUT2D eigenvalue weighted by atomic mass is 32.2. The number of amides is 1. The molecule has 0 bridgehead atoms. The molecule has 0 N–H and O–H groups in total. The summed E-state index contributed by atoms with van der Waals surface area (Å²) >= 11 is 0. The number of nitriles is 1. The highest BCUT2D eigenvalue weighted by Crippen LogP contribution is 2.25. The molecule has 0 radical (unpaired) electrons. The van der Waals surface area contributed by atoms with Crippen LogP contribution in [0.2, 0.25) is 0 Å². The first-order valence-corrected chi connectivity index (χ1v) is 10.5. The Hall–Kier alpha value is -3.38. The summed E-state index contributed by atoms with van der Waals surface area (Å²) in [6.07, 6.45) is 0.528. The van der Waals surface area contributed by atoms with Crippen LogP contribution in [0, 0.1) is 11.3 Å². The Labute approximate surface area is 169 Å². The molecular formula is C20H19N3O5S. The lowest BCUT2D eigenvalue weighted by atomic mass is 10.2. The molecule has 0 aromatic heterocycles. The number of benzene rings is 2. The molecule has 0 atom stereocenters. The zero-order valence-electron chi connectivity index (χ0n) is 15.5. The zero-order chi connectivity index (χ0) is 20.9. The van der Waals surface area contributed by atoms with E-state index >= 15 is 0 Å². The number of hydrogen-bond acceptors (Lipinski definition) is 6. The smallest absolute Gasteiger partial charge is 0.338 e. The Morgan fingerprint density at radius 2 is 1.90 bits per heavy atom. The third-order valence-electron chi connectivity index (χ3n) is 4.39. The van der Waals surface area contributed by atoms with Gasteiger partial charge in [-0.25, -0.2) is 13.2 Å². The maximum atomic E-state index is 12.4. The van der Waals surface area contributed by atoms with Crippen molar-refractivity contribution in [2.45, 2.75) is 6.42 Å². The second-order valence-corrected chi connectivity index (χ2v) is 8.35. The minimum Gasteiger partial charge on any atom is -0.452 e. The van der Waals surface area contributed by atoms with Gasteiger partial charge >= 0.3 is 5.97 Å². The predicted octanol–water partition coefficient (Wildman–Crippen LogP) is 1.94. The van der Waals surface area contributed by atoms with E-state index in [1.165, 1.54) is 21.3 Å². The summed E-state index contributed by atoms with van der Waals surface area (Å²) in [4.78, 5) is 26.0. The van der Waals surface area contributed by atoms with Gasteiger partial charge in [0.05, 0.1) is 23.1 Å². The Morgan fingerprint density at radius 3 is 2.55 bits per heavy atom. The number of anilines is 2. The van der Waals surface area contributed by atoms with Crippen molar-refractivity contribution >= 4 is 33.3 Å². The van der Waals surface area contributed by atoms with Crippen LogP contribution in [-0.2, 0) is 19.6 Å². The van der Waals surface area contributed by atoms with Gasteiger partial charge in [-0.2, -0.15) is 5.26 Å². The van der Waals surface area contributed by atoms with Crippen molar-refractivity contribution < 1.29 is 22.7 Å². The number of para-hydroxylation sites is 1. The Morgan fingerprint density at radius 1 is 1.14 bits per heavy atom. The van der Waals surface area contributed by atoms with Gasteiger partial charge in [0.2, 0.25) is 10.0 Å². The highest BCUT2D eigenvalue weighted by Gasteiger charge is 2.29. The molecule has 1 heterocycles. The molecule has 8 nitrogen and oxygen atoms in total. The van der Waals surface area contributed by atoms with Gasteiger partial charge in [-0.1, -0.05) is 24.3 Å². The summed E-state index contributed by atoms with van der Waals surface area (Å²) in [6, 6.07) is 16.6. The van der Waals surface area contributed by atoms with E-state index in [-0.39, 0.29) is 17.9 Å². The van der Waals surface area contributed by atoms with E-state index in [2.05, 4.69) is 0 Å². The van der Waals surface area contributed by atoms with Crippen LogP contribution in [0.15, 0.2) is 54.6 Å². The van der Waals surface area contributed by atoms with Crippen molar-refractivity contribution in [2.24, 2.45) is 0 Å². The molecule has 1 aliphatic heterocycles. The van der Waals surface area contributed by atoms with Gasteiger partial charge in [-0.3, -0.25) is 14.0 Å². The molecule has 0 saturated carbocycles. The lowest BCUT2D eigenvalue weighted by Gasteiger charge is -2.20. The van der Waals surface area contributed by atoms with Gasteiger partial charge in [-0.05, 0) is 36.8 Å². The van der Waals surface area contributed by atoms with Crippen molar-refractivity contribution in [3.05, 3.63) is 60.2 Å². The average molecular weight is 413 g/mol. The average Bonchev–Trinajstić information content (AvgIpc) is 3.09.